The average molecular weight is 416 g/mol. The first-order chi connectivity index (χ1) is 9.54. The first-order valence-corrected chi connectivity index (χ1v) is 7.83. The summed E-state index contributed by atoms with van der Waals surface area (Å²) in [6.07, 6.45) is -0.814. The van der Waals surface area contributed by atoms with Gasteiger partial charge in [-0.15, -0.1) is 0 Å². The summed E-state index contributed by atoms with van der Waals surface area (Å²) in [5, 5.41) is 11.9. The highest BCUT2D eigenvalue weighted by Gasteiger charge is 2.17. The molecule has 102 valence electrons. The minimum Gasteiger partial charge on any atom is -0.457 e. The predicted molar refractivity (Wildman–Crippen MR) is 87.1 cm³/mol. The molecule has 0 aliphatic rings. The molecule has 0 amide bonds. The third-order valence-corrected chi connectivity index (χ3v) is 4.31. The monoisotopic (exact) mass is 414 g/mol. The van der Waals surface area contributed by atoms with Gasteiger partial charge in [0, 0.05) is 14.9 Å². The number of furan rings is 1. The summed E-state index contributed by atoms with van der Waals surface area (Å²) >= 11 is 12.7. The molecule has 0 aliphatic carbocycles. The molecule has 1 heterocycles. The van der Waals surface area contributed by atoms with Crippen LogP contribution in [0.15, 0.2) is 55.8 Å². The zero-order valence-corrected chi connectivity index (χ0v) is 14.0. The summed E-state index contributed by atoms with van der Waals surface area (Å²) in [6.45, 7) is 0. The molecular formula is C15H9Br2ClO2. The number of rotatable bonds is 2. The lowest BCUT2D eigenvalue weighted by molar-refractivity contribution is 0.192. The minimum absolute atomic E-state index is 0.501. The Bertz CT molecular complexity index is 765. The van der Waals surface area contributed by atoms with Gasteiger partial charge in [-0.05, 0) is 51.8 Å². The van der Waals surface area contributed by atoms with E-state index in [0.717, 1.165) is 25.5 Å². The van der Waals surface area contributed by atoms with E-state index in [1.54, 1.807) is 24.3 Å². The van der Waals surface area contributed by atoms with Crippen molar-refractivity contribution in [2.24, 2.45) is 0 Å². The Morgan fingerprint density at radius 1 is 1.05 bits per heavy atom. The molecule has 0 bridgehead atoms. The topological polar surface area (TPSA) is 33.4 Å². The van der Waals surface area contributed by atoms with Gasteiger partial charge in [0.05, 0.1) is 4.47 Å². The van der Waals surface area contributed by atoms with E-state index in [9.17, 15) is 5.11 Å². The fraction of sp³-hybridized carbons (Fsp3) is 0.0667. The molecule has 0 fully saturated rings. The van der Waals surface area contributed by atoms with Crippen molar-refractivity contribution in [2.45, 2.75) is 6.10 Å². The maximum atomic E-state index is 10.4. The smallest absolute Gasteiger partial charge is 0.148 e. The van der Waals surface area contributed by atoms with Gasteiger partial charge in [0.2, 0.25) is 0 Å². The molecule has 3 rings (SSSR count). The molecule has 2 nitrogen and oxygen atoms in total. The van der Waals surface area contributed by atoms with Crippen molar-refractivity contribution >= 4 is 54.4 Å². The highest BCUT2D eigenvalue weighted by molar-refractivity contribution is 9.11. The van der Waals surface area contributed by atoms with Gasteiger partial charge in [-0.1, -0.05) is 39.7 Å². The second-order valence-corrected chi connectivity index (χ2v) is 6.62. The molecule has 20 heavy (non-hydrogen) atoms. The van der Waals surface area contributed by atoms with Gasteiger partial charge >= 0.3 is 0 Å². The van der Waals surface area contributed by atoms with Gasteiger partial charge < -0.3 is 9.52 Å². The quantitative estimate of drug-likeness (QED) is 0.582. The van der Waals surface area contributed by atoms with E-state index < -0.39 is 6.10 Å². The molecule has 0 saturated heterocycles. The van der Waals surface area contributed by atoms with E-state index in [0.29, 0.717) is 10.8 Å². The number of aliphatic hydroxyl groups excluding tert-OH is 1. The Balaban J connectivity index is 2.05. The minimum atomic E-state index is -0.814. The molecule has 1 aromatic heterocycles. The van der Waals surface area contributed by atoms with Crippen molar-refractivity contribution in [3.8, 4) is 0 Å². The maximum Gasteiger partial charge on any atom is 0.148 e. The Hall–Kier alpha value is -0.810. The van der Waals surface area contributed by atoms with E-state index in [1.165, 1.54) is 0 Å². The normalized spacial score (nSPS) is 12.8. The van der Waals surface area contributed by atoms with Crippen LogP contribution in [0.5, 0.6) is 0 Å². The van der Waals surface area contributed by atoms with E-state index in [4.69, 9.17) is 16.0 Å². The Morgan fingerprint density at radius 2 is 1.75 bits per heavy atom. The van der Waals surface area contributed by atoms with E-state index in [-0.39, 0.29) is 0 Å². The zero-order chi connectivity index (χ0) is 14.3. The molecule has 3 aromatic rings. The van der Waals surface area contributed by atoms with Gasteiger partial charge in [0.25, 0.3) is 0 Å². The fourth-order valence-electron chi connectivity index (χ4n) is 2.04. The van der Waals surface area contributed by atoms with Crippen LogP contribution in [0.3, 0.4) is 0 Å². The van der Waals surface area contributed by atoms with Crippen molar-refractivity contribution in [3.05, 3.63) is 67.8 Å². The van der Waals surface area contributed by atoms with Crippen LogP contribution < -0.4 is 0 Å². The maximum absolute atomic E-state index is 10.4. The summed E-state index contributed by atoms with van der Waals surface area (Å²) in [5.41, 5.74) is 1.46. The first kappa shape index (κ1) is 14.1. The summed E-state index contributed by atoms with van der Waals surface area (Å²) in [7, 11) is 0. The van der Waals surface area contributed by atoms with Crippen molar-refractivity contribution in [3.63, 3.8) is 0 Å². The molecule has 2 aromatic carbocycles. The molecule has 0 aliphatic heterocycles. The number of aliphatic hydroxyl groups is 1. The molecule has 5 heteroatoms. The highest BCUT2D eigenvalue weighted by Crippen LogP contribution is 2.34. The highest BCUT2D eigenvalue weighted by atomic mass is 79.9. The second-order valence-electron chi connectivity index (χ2n) is 4.41. The van der Waals surface area contributed by atoms with Crippen LogP contribution >= 0.6 is 43.5 Å². The van der Waals surface area contributed by atoms with Crippen LogP contribution in [0.2, 0.25) is 5.02 Å². The lowest BCUT2D eigenvalue weighted by atomic mass is 10.1. The average Bonchev–Trinajstić information content (AvgIpc) is 2.83. The summed E-state index contributed by atoms with van der Waals surface area (Å²) in [5.74, 6) is 0.501. The lowest BCUT2D eigenvalue weighted by Gasteiger charge is -2.07. The fourth-order valence-corrected chi connectivity index (χ4v) is 3.51. The standard InChI is InChI=1S/C15H9Br2ClO2/c16-10-5-9-6-13(20-15(9)12(17)7-10)14(19)8-1-3-11(18)4-2-8/h1-7,14,19H. The SMILES string of the molecule is OC(c1ccc(Cl)cc1)c1cc2cc(Br)cc(Br)c2o1. The second kappa shape index (κ2) is 5.53. The van der Waals surface area contributed by atoms with E-state index in [1.807, 2.05) is 18.2 Å². The van der Waals surface area contributed by atoms with Crippen molar-refractivity contribution in [2.75, 3.05) is 0 Å². The number of fused-ring (bicyclic) bond motifs is 1. The largest absolute Gasteiger partial charge is 0.457 e. The molecular weight excluding hydrogens is 407 g/mol. The third-order valence-electron chi connectivity index (χ3n) is 3.01. The zero-order valence-electron chi connectivity index (χ0n) is 10.1. The predicted octanol–water partition coefficient (Wildman–Crippen LogP) is 5.69. The van der Waals surface area contributed by atoms with E-state index >= 15 is 0 Å². The summed E-state index contributed by atoms with van der Waals surface area (Å²) in [4.78, 5) is 0. The number of halogens is 3. The van der Waals surface area contributed by atoms with Crippen LogP contribution in [-0.4, -0.2) is 5.11 Å². The van der Waals surface area contributed by atoms with Crippen LogP contribution in [0.1, 0.15) is 17.4 Å². The molecule has 0 spiro atoms. The van der Waals surface area contributed by atoms with Gasteiger partial charge in [-0.2, -0.15) is 0 Å². The molecule has 1 N–H and O–H groups in total. The molecule has 0 saturated carbocycles. The Labute approximate surface area is 137 Å². The van der Waals surface area contributed by atoms with Gasteiger partial charge in [0.1, 0.15) is 17.4 Å². The Kier molecular flexibility index (Phi) is 3.91. The van der Waals surface area contributed by atoms with Gasteiger partial charge in [-0.25, -0.2) is 0 Å². The van der Waals surface area contributed by atoms with Crippen molar-refractivity contribution < 1.29 is 9.52 Å². The van der Waals surface area contributed by atoms with Gasteiger partial charge in [-0.3, -0.25) is 0 Å². The number of hydrogen-bond donors (Lipinski definition) is 1. The summed E-state index contributed by atoms with van der Waals surface area (Å²) < 4.78 is 7.54. The molecule has 0 radical (unpaired) electrons. The molecule has 1 atom stereocenters. The van der Waals surface area contributed by atoms with E-state index in [2.05, 4.69) is 31.9 Å². The van der Waals surface area contributed by atoms with Crippen LogP contribution in [0.4, 0.5) is 0 Å². The number of hydrogen-bond acceptors (Lipinski definition) is 2. The number of benzene rings is 2. The lowest BCUT2D eigenvalue weighted by Crippen LogP contribution is -1.97. The van der Waals surface area contributed by atoms with Crippen LogP contribution in [0.25, 0.3) is 11.0 Å². The van der Waals surface area contributed by atoms with Crippen LogP contribution in [0, 0.1) is 0 Å². The summed E-state index contributed by atoms with van der Waals surface area (Å²) in [6, 6.07) is 12.7. The van der Waals surface area contributed by atoms with Crippen molar-refractivity contribution in [1.29, 1.82) is 0 Å². The van der Waals surface area contributed by atoms with Crippen LogP contribution in [-0.2, 0) is 0 Å². The van der Waals surface area contributed by atoms with Gasteiger partial charge in [0.15, 0.2) is 0 Å². The first-order valence-electron chi connectivity index (χ1n) is 5.86. The third kappa shape index (κ3) is 2.66. The molecule has 1 unspecified atom stereocenters. The van der Waals surface area contributed by atoms with Crippen molar-refractivity contribution in [1.82, 2.24) is 0 Å². The Morgan fingerprint density at radius 3 is 2.45 bits per heavy atom.